The van der Waals surface area contributed by atoms with Crippen LogP contribution in [0.25, 0.3) is 0 Å². The van der Waals surface area contributed by atoms with Crippen molar-refractivity contribution in [2.24, 2.45) is 0 Å². The Morgan fingerprint density at radius 1 is 1.14 bits per heavy atom. The maximum Gasteiger partial charge on any atom is 0.401 e. The molecule has 0 spiro atoms. The topological polar surface area (TPSA) is 18.5 Å². The van der Waals surface area contributed by atoms with Crippen molar-refractivity contribution in [2.45, 2.75) is 19.6 Å². The van der Waals surface area contributed by atoms with Gasteiger partial charge in [-0.1, -0.05) is 30.3 Å². The van der Waals surface area contributed by atoms with Gasteiger partial charge in [0, 0.05) is 0 Å². The molecule has 0 aliphatic heterocycles. The second-order valence-electron chi connectivity index (χ2n) is 3.97. The zero-order valence-corrected chi connectivity index (χ0v) is 11.7. The highest BCUT2D eigenvalue weighted by Gasteiger charge is 2.25. The lowest BCUT2D eigenvalue weighted by Crippen LogP contribution is -2.44. The largest absolute Gasteiger partial charge is 0.433 e. The minimum Gasteiger partial charge on any atom is -0.433 e. The first-order valence-electron chi connectivity index (χ1n) is 4.48. The first kappa shape index (κ1) is 11.9. The van der Waals surface area contributed by atoms with E-state index in [1.807, 2.05) is 30.3 Å². The Morgan fingerprint density at radius 3 is 2.14 bits per heavy atom. The van der Waals surface area contributed by atoms with Crippen LogP contribution in [0.2, 0.25) is 19.6 Å². The van der Waals surface area contributed by atoms with Crippen LogP contribution in [0.15, 0.2) is 30.3 Å². The van der Waals surface area contributed by atoms with Gasteiger partial charge in [-0.3, -0.25) is 0 Å². The summed E-state index contributed by atoms with van der Waals surface area (Å²) in [5.74, 6) is 0. The summed E-state index contributed by atoms with van der Waals surface area (Å²) in [4.78, 5) is 0. The second-order valence-corrected chi connectivity index (χ2v) is 11.0. The molecule has 2 nitrogen and oxygen atoms in total. The Bertz CT molecular complexity index is 271. The van der Waals surface area contributed by atoms with Crippen molar-refractivity contribution in [3.05, 3.63) is 30.3 Å². The van der Waals surface area contributed by atoms with Gasteiger partial charge in [0.15, 0.2) is 8.32 Å². The van der Waals surface area contributed by atoms with Crippen molar-refractivity contribution in [1.82, 2.24) is 0 Å². The Hall–Kier alpha value is -0.209. The maximum absolute atomic E-state index is 5.94. The van der Waals surface area contributed by atoms with Gasteiger partial charge in [0.25, 0.3) is 0 Å². The second kappa shape index (κ2) is 5.04. The quantitative estimate of drug-likeness (QED) is 0.737. The highest BCUT2D eigenvalue weighted by atomic mass is 28.4. The van der Waals surface area contributed by atoms with E-state index in [0.29, 0.717) is 0 Å². The van der Waals surface area contributed by atoms with Crippen LogP contribution in [0, 0.1) is 0 Å². The summed E-state index contributed by atoms with van der Waals surface area (Å²) in [6, 6.07) is 10.1. The van der Waals surface area contributed by atoms with E-state index in [-0.39, 0.29) is 0 Å². The van der Waals surface area contributed by atoms with E-state index in [4.69, 9.17) is 8.23 Å². The predicted octanol–water partition coefficient (Wildman–Crippen LogP) is 1.33. The van der Waals surface area contributed by atoms with Crippen LogP contribution in [0.3, 0.4) is 0 Å². The van der Waals surface area contributed by atoms with Crippen LogP contribution >= 0.6 is 0 Å². The fourth-order valence-corrected chi connectivity index (χ4v) is 5.16. The van der Waals surface area contributed by atoms with Crippen LogP contribution in [0.1, 0.15) is 0 Å². The average molecular weight is 238 g/mol. The maximum atomic E-state index is 5.94. The van der Waals surface area contributed by atoms with E-state index in [9.17, 15) is 0 Å². The van der Waals surface area contributed by atoms with Crippen LogP contribution < -0.4 is 5.19 Å². The number of rotatable bonds is 4. The molecule has 0 aromatic heterocycles. The van der Waals surface area contributed by atoms with E-state index in [0.717, 1.165) is 5.19 Å². The first-order valence-corrected chi connectivity index (χ1v) is 9.61. The van der Waals surface area contributed by atoms with Crippen molar-refractivity contribution in [2.75, 3.05) is 0 Å². The number of benzene rings is 1. The molecule has 0 saturated heterocycles. The minimum absolute atomic E-state index is 1.13. The molecular weight excluding hydrogens is 224 g/mol. The summed E-state index contributed by atoms with van der Waals surface area (Å²) < 4.78 is 11.2. The Labute approximate surface area is 91.8 Å². The van der Waals surface area contributed by atoms with Crippen molar-refractivity contribution < 1.29 is 8.23 Å². The highest BCUT2D eigenvalue weighted by Crippen LogP contribution is 2.05. The molecule has 0 fully saturated rings. The molecule has 1 rings (SSSR count). The van der Waals surface area contributed by atoms with E-state index < -0.39 is 17.6 Å². The molecule has 0 saturated carbocycles. The normalized spacial score (nSPS) is 12.1. The Morgan fingerprint density at radius 2 is 1.71 bits per heavy atom. The first-order chi connectivity index (χ1) is 6.53. The molecule has 1 aromatic carbocycles. The Kier molecular flexibility index (Phi) is 4.27. The molecule has 0 amide bonds. The van der Waals surface area contributed by atoms with E-state index in [1.54, 1.807) is 0 Å². The monoisotopic (exact) mass is 238 g/mol. The third-order valence-electron chi connectivity index (χ3n) is 1.50. The van der Waals surface area contributed by atoms with E-state index >= 15 is 0 Å². The van der Waals surface area contributed by atoms with Gasteiger partial charge < -0.3 is 8.23 Å². The van der Waals surface area contributed by atoms with E-state index in [1.165, 1.54) is 0 Å². The summed E-state index contributed by atoms with van der Waals surface area (Å²) in [5.41, 5.74) is 0. The third kappa shape index (κ3) is 3.89. The van der Waals surface area contributed by atoms with Gasteiger partial charge in [0.2, 0.25) is 10.5 Å². The molecule has 4 radical (unpaired) electrons. The molecule has 1 aromatic rings. The van der Waals surface area contributed by atoms with Crippen molar-refractivity contribution >= 4 is 33.3 Å². The van der Waals surface area contributed by atoms with Gasteiger partial charge in [-0.05, 0) is 24.8 Å². The molecule has 14 heavy (non-hydrogen) atoms. The molecule has 0 atom stereocenters. The zero-order valence-electron chi connectivity index (χ0n) is 8.70. The lowest BCUT2D eigenvalue weighted by molar-refractivity contribution is 0.460. The van der Waals surface area contributed by atoms with Crippen LogP contribution in [-0.2, 0) is 8.23 Å². The lowest BCUT2D eigenvalue weighted by atomic mass is 10.4. The summed E-state index contributed by atoms with van der Waals surface area (Å²) in [6.45, 7) is 6.48. The van der Waals surface area contributed by atoms with Gasteiger partial charge >= 0.3 is 9.28 Å². The van der Waals surface area contributed by atoms with Gasteiger partial charge in [-0.15, -0.1) is 0 Å². The molecule has 0 bridgehead atoms. The van der Waals surface area contributed by atoms with Gasteiger partial charge in [-0.2, -0.15) is 0 Å². The summed E-state index contributed by atoms with van der Waals surface area (Å²) in [5, 5.41) is 1.13. The predicted molar refractivity (Wildman–Crippen MR) is 63.1 cm³/mol. The molecule has 0 aliphatic carbocycles. The van der Waals surface area contributed by atoms with Gasteiger partial charge in [-0.25, -0.2) is 0 Å². The molecule has 5 heteroatoms. The Balaban J connectivity index is 2.73. The van der Waals surface area contributed by atoms with E-state index in [2.05, 4.69) is 30.1 Å². The SMILES string of the molecule is C[Si](C)(C)O[Si](O[Si])c1ccccc1. The summed E-state index contributed by atoms with van der Waals surface area (Å²) in [7, 11) is 0.218. The molecule has 0 aliphatic rings. The van der Waals surface area contributed by atoms with Crippen LogP contribution in [0.5, 0.6) is 0 Å². The fourth-order valence-electron chi connectivity index (χ4n) is 0.991. The molecule has 0 N–H and O–H groups in total. The fraction of sp³-hybridized carbons (Fsp3) is 0.333. The summed E-state index contributed by atoms with van der Waals surface area (Å²) >= 11 is 0. The van der Waals surface area contributed by atoms with Crippen LogP contribution in [0.4, 0.5) is 0 Å². The van der Waals surface area contributed by atoms with Crippen molar-refractivity contribution in [3.63, 3.8) is 0 Å². The van der Waals surface area contributed by atoms with Crippen LogP contribution in [-0.4, -0.2) is 28.1 Å². The molecule has 0 heterocycles. The highest BCUT2D eigenvalue weighted by molar-refractivity contribution is 6.80. The number of hydrogen-bond donors (Lipinski definition) is 0. The minimum atomic E-state index is -1.53. The molecule has 74 valence electrons. The van der Waals surface area contributed by atoms with Crippen molar-refractivity contribution in [1.29, 1.82) is 0 Å². The average Bonchev–Trinajstić information content (AvgIpc) is 2.14. The molecular formula is C9H14O2Si3. The lowest BCUT2D eigenvalue weighted by Gasteiger charge is -2.23. The number of hydrogen-bond acceptors (Lipinski definition) is 2. The van der Waals surface area contributed by atoms with Crippen molar-refractivity contribution in [3.8, 4) is 0 Å². The van der Waals surface area contributed by atoms with Gasteiger partial charge in [0.05, 0.1) is 0 Å². The molecule has 0 unspecified atom stereocenters. The zero-order chi connectivity index (χ0) is 10.6. The standard InChI is InChI=1S/C9H14O2Si3/c1-14(2,3)11-13(10-12)9-7-5-4-6-8-9/h4-8H,1-3H3. The van der Waals surface area contributed by atoms with Gasteiger partial charge in [0.1, 0.15) is 0 Å². The smallest absolute Gasteiger partial charge is 0.401 e. The third-order valence-corrected chi connectivity index (χ3v) is 6.24. The summed E-state index contributed by atoms with van der Waals surface area (Å²) in [6.07, 6.45) is 0.